The maximum absolute atomic E-state index is 12.5. The molecular weight excluding hydrogens is 402 g/mol. The molecule has 0 unspecified atom stereocenters. The largest absolute Gasteiger partial charge is 0.352 e. The number of fused-ring (bicyclic) bond motifs is 3. The van der Waals surface area contributed by atoms with Gasteiger partial charge in [-0.2, -0.15) is 4.52 Å². The second-order valence-electron chi connectivity index (χ2n) is 7.56. The molecule has 2 heterocycles. The van der Waals surface area contributed by atoms with E-state index in [9.17, 15) is 4.79 Å². The Balaban J connectivity index is 1.27. The fourth-order valence-corrected chi connectivity index (χ4v) is 3.51. The quantitative estimate of drug-likeness (QED) is 0.432. The van der Waals surface area contributed by atoms with Gasteiger partial charge >= 0.3 is 0 Å². The minimum atomic E-state index is -0.100. The van der Waals surface area contributed by atoms with E-state index in [0.29, 0.717) is 23.6 Å². The van der Waals surface area contributed by atoms with Gasteiger partial charge in [0.2, 0.25) is 5.65 Å². The van der Waals surface area contributed by atoms with E-state index in [4.69, 9.17) is 0 Å². The van der Waals surface area contributed by atoms with Gasteiger partial charge in [0, 0.05) is 17.8 Å². The molecule has 0 saturated carbocycles. The van der Waals surface area contributed by atoms with E-state index in [0.717, 1.165) is 23.1 Å². The first-order valence-corrected chi connectivity index (χ1v) is 10.3. The molecule has 5 aromatic rings. The molecule has 0 atom stereocenters. The Bertz CT molecular complexity index is 1390. The molecule has 1 amide bonds. The first-order chi connectivity index (χ1) is 15.7. The zero-order valence-electron chi connectivity index (χ0n) is 17.5. The summed E-state index contributed by atoms with van der Waals surface area (Å²) in [5.74, 6) is 0.445. The Kier molecular flexibility index (Phi) is 5.17. The topological polar surface area (TPSA) is 97.1 Å². The van der Waals surface area contributed by atoms with Gasteiger partial charge in [0.1, 0.15) is 0 Å². The summed E-state index contributed by atoms with van der Waals surface area (Å²) in [6, 6.07) is 23.2. The van der Waals surface area contributed by atoms with E-state index in [1.165, 1.54) is 11.1 Å². The van der Waals surface area contributed by atoms with Crippen LogP contribution in [0.15, 0.2) is 72.8 Å². The molecule has 2 N–H and O–H groups in total. The third kappa shape index (κ3) is 3.98. The van der Waals surface area contributed by atoms with Crippen LogP contribution in [0.5, 0.6) is 0 Å². The number of hydrogen-bond donors (Lipinski definition) is 2. The van der Waals surface area contributed by atoms with Crippen LogP contribution in [0.25, 0.3) is 16.7 Å². The SMILES string of the molecule is Cc1ccc(CCNC(=O)c2ccc(Nc3nc4ccccc4n4nnnc34)cc2)cc1. The Morgan fingerprint density at radius 2 is 1.75 bits per heavy atom. The lowest BCUT2D eigenvalue weighted by Gasteiger charge is -2.09. The number of aryl methyl sites for hydroxylation is 1. The second kappa shape index (κ2) is 8.43. The molecule has 0 saturated heterocycles. The molecule has 158 valence electrons. The lowest BCUT2D eigenvalue weighted by molar-refractivity contribution is 0.0954. The molecule has 8 heteroatoms. The molecule has 0 bridgehead atoms. The molecule has 8 nitrogen and oxygen atoms in total. The van der Waals surface area contributed by atoms with E-state index in [2.05, 4.69) is 62.3 Å². The first kappa shape index (κ1) is 19.6. The molecule has 0 radical (unpaired) electrons. The van der Waals surface area contributed by atoms with Crippen LogP contribution in [0.2, 0.25) is 0 Å². The number of nitrogens with one attached hydrogen (secondary N) is 2. The lowest BCUT2D eigenvalue weighted by atomic mass is 10.1. The lowest BCUT2D eigenvalue weighted by Crippen LogP contribution is -2.25. The average molecular weight is 423 g/mol. The third-order valence-electron chi connectivity index (χ3n) is 5.25. The van der Waals surface area contributed by atoms with Gasteiger partial charge < -0.3 is 10.6 Å². The van der Waals surface area contributed by atoms with Crippen LogP contribution in [0.4, 0.5) is 11.5 Å². The standard InChI is InChI=1S/C24H21N7O/c1-16-6-8-17(9-7-16)14-15-25-24(32)18-10-12-19(13-11-18)26-22-23-28-29-30-31(23)21-5-3-2-4-20(21)27-22/h2-13H,14-15H2,1H3,(H,25,32)(H,26,27). The summed E-state index contributed by atoms with van der Waals surface area (Å²) in [5.41, 5.74) is 5.95. The monoisotopic (exact) mass is 423 g/mol. The van der Waals surface area contributed by atoms with Gasteiger partial charge in [0.15, 0.2) is 5.82 Å². The Morgan fingerprint density at radius 3 is 2.56 bits per heavy atom. The third-order valence-corrected chi connectivity index (χ3v) is 5.25. The number of anilines is 2. The minimum Gasteiger partial charge on any atom is -0.352 e. The number of amides is 1. The van der Waals surface area contributed by atoms with Crippen molar-refractivity contribution in [2.24, 2.45) is 0 Å². The van der Waals surface area contributed by atoms with Crippen molar-refractivity contribution in [2.75, 3.05) is 11.9 Å². The van der Waals surface area contributed by atoms with Gasteiger partial charge in [-0.25, -0.2) is 4.98 Å². The van der Waals surface area contributed by atoms with Crippen LogP contribution in [0, 0.1) is 6.92 Å². The van der Waals surface area contributed by atoms with Gasteiger partial charge in [-0.1, -0.05) is 42.0 Å². The average Bonchev–Trinajstić information content (AvgIpc) is 3.32. The van der Waals surface area contributed by atoms with Crippen molar-refractivity contribution < 1.29 is 4.79 Å². The predicted octanol–water partition coefficient (Wildman–Crippen LogP) is 3.70. The Hall–Kier alpha value is -4.33. The predicted molar refractivity (Wildman–Crippen MR) is 123 cm³/mol. The number of rotatable bonds is 6. The van der Waals surface area contributed by atoms with Crippen LogP contribution in [0.3, 0.4) is 0 Å². The smallest absolute Gasteiger partial charge is 0.251 e. The highest BCUT2D eigenvalue weighted by Gasteiger charge is 2.12. The summed E-state index contributed by atoms with van der Waals surface area (Å²) in [5, 5.41) is 18.2. The molecule has 0 aliphatic rings. The van der Waals surface area contributed by atoms with Crippen molar-refractivity contribution in [2.45, 2.75) is 13.3 Å². The van der Waals surface area contributed by atoms with E-state index in [1.807, 2.05) is 36.4 Å². The van der Waals surface area contributed by atoms with E-state index < -0.39 is 0 Å². The minimum absolute atomic E-state index is 0.100. The van der Waals surface area contributed by atoms with Gasteiger partial charge in [-0.15, -0.1) is 5.10 Å². The number of aromatic nitrogens is 5. The van der Waals surface area contributed by atoms with Crippen molar-refractivity contribution >= 4 is 34.1 Å². The highest BCUT2D eigenvalue weighted by atomic mass is 16.1. The maximum Gasteiger partial charge on any atom is 0.251 e. The molecule has 5 rings (SSSR count). The van der Waals surface area contributed by atoms with Gasteiger partial charge in [0.05, 0.1) is 11.0 Å². The molecular formula is C24H21N7O. The van der Waals surface area contributed by atoms with Crippen LogP contribution < -0.4 is 10.6 Å². The van der Waals surface area contributed by atoms with Crippen LogP contribution in [-0.4, -0.2) is 37.5 Å². The van der Waals surface area contributed by atoms with E-state index in [1.54, 1.807) is 16.6 Å². The normalized spacial score (nSPS) is 11.0. The second-order valence-corrected chi connectivity index (χ2v) is 7.56. The number of nitrogens with zero attached hydrogens (tertiary/aromatic N) is 5. The Morgan fingerprint density at radius 1 is 0.969 bits per heavy atom. The number of hydrogen-bond acceptors (Lipinski definition) is 6. The molecule has 0 fully saturated rings. The van der Waals surface area contributed by atoms with Crippen molar-refractivity contribution in [3.05, 3.63) is 89.5 Å². The number of para-hydroxylation sites is 2. The summed E-state index contributed by atoms with van der Waals surface area (Å²) >= 11 is 0. The molecule has 2 aromatic heterocycles. The number of carbonyl (C=O) groups is 1. The number of carbonyl (C=O) groups excluding carboxylic acids is 1. The molecule has 0 aliphatic heterocycles. The van der Waals surface area contributed by atoms with Gasteiger partial charge in [0.25, 0.3) is 5.91 Å². The maximum atomic E-state index is 12.5. The van der Waals surface area contributed by atoms with Crippen LogP contribution in [0.1, 0.15) is 21.5 Å². The van der Waals surface area contributed by atoms with Crippen molar-refractivity contribution in [1.82, 2.24) is 30.3 Å². The highest BCUT2D eigenvalue weighted by molar-refractivity contribution is 5.94. The molecule has 3 aromatic carbocycles. The van der Waals surface area contributed by atoms with E-state index >= 15 is 0 Å². The first-order valence-electron chi connectivity index (χ1n) is 10.3. The van der Waals surface area contributed by atoms with Crippen LogP contribution >= 0.6 is 0 Å². The van der Waals surface area contributed by atoms with Gasteiger partial charge in [-0.05, 0) is 65.7 Å². The number of benzene rings is 3. The Labute approximate surface area is 184 Å². The fourth-order valence-electron chi connectivity index (χ4n) is 3.51. The molecule has 32 heavy (non-hydrogen) atoms. The van der Waals surface area contributed by atoms with Crippen molar-refractivity contribution in [3.8, 4) is 0 Å². The summed E-state index contributed by atoms with van der Waals surface area (Å²) in [6.07, 6.45) is 0.793. The molecule has 0 aliphatic carbocycles. The molecule has 0 spiro atoms. The number of tetrazole rings is 1. The zero-order valence-corrected chi connectivity index (χ0v) is 17.5. The summed E-state index contributed by atoms with van der Waals surface area (Å²) in [6.45, 7) is 2.65. The fraction of sp³-hybridized carbons (Fsp3) is 0.125. The summed E-state index contributed by atoms with van der Waals surface area (Å²) in [7, 11) is 0. The van der Waals surface area contributed by atoms with Crippen molar-refractivity contribution in [3.63, 3.8) is 0 Å². The van der Waals surface area contributed by atoms with Gasteiger partial charge in [-0.3, -0.25) is 4.79 Å². The summed E-state index contributed by atoms with van der Waals surface area (Å²) < 4.78 is 1.65. The van der Waals surface area contributed by atoms with Crippen LogP contribution in [-0.2, 0) is 6.42 Å². The highest BCUT2D eigenvalue weighted by Crippen LogP contribution is 2.22. The van der Waals surface area contributed by atoms with E-state index in [-0.39, 0.29) is 5.91 Å². The summed E-state index contributed by atoms with van der Waals surface area (Å²) in [4.78, 5) is 17.1. The zero-order chi connectivity index (χ0) is 21.9. The van der Waals surface area contributed by atoms with Crippen molar-refractivity contribution in [1.29, 1.82) is 0 Å².